The van der Waals surface area contributed by atoms with Gasteiger partial charge in [0.05, 0.1) is 51.2 Å². The maximum Gasteiger partial charge on any atom is 0.273 e. The highest BCUT2D eigenvalue weighted by Gasteiger charge is 2.36. The summed E-state index contributed by atoms with van der Waals surface area (Å²) in [6.07, 6.45) is 4.71. The molecule has 1 fully saturated rings. The van der Waals surface area contributed by atoms with Crippen molar-refractivity contribution in [3.63, 3.8) is 0 Å². The molecule has 3 aromatic carbocycles. The molecule has 0 radical (unpaired) electrons. The standard InChI is InChI=1S/C32H22Cl2N6O3/c1-39-29(22-12-19(33)9-17(24(22)13-35)8-16-6-7-16)25(14-36-39)18-10-23-27(37-38-30(41)28(23)26(34)11-18)15-40-31(42)20-4-2-3-5-21(20)32(40)43/h2-5,9-12,14,16H,6-8,15H2,1H3,(H,38,41). The maximum atomic E-state index is 13.1. The smallest absolute Gasteiger partial charge is 0.269 e. The lowest BCUT2D eigenvalue weighted by molar-refractivity contribution is 0.0640. The van der Waals surface area contributed by atoms with Gasteiger partial charge in [0.25, 0.3) is 17.4 Å². The van der Waals surface area contributed by atoms with E-state index in [4.69, 9.17) is 23.2 Å². The van der Waals surface area contributed by atoms with Gasteiger partial charge in [0.15, 0.2) is 0 Å². The van der Waals surface area contributed by atoms with E-state index in [1.54, 1.807) is 60.4 Å². The Labute approximate surface area is 255 Å². The minimum atomic E-state index is -0.504. The molecule has 0 spiro atoms. The van der Waals surface area contributed by atoms with Crippen LogP contribution in [0, 0.1) is 17.2 Å². The summed E-state index contributed by atoms with van der Waals surface area (Å²) in [5.74, 6) is -0.328. The second-order valence-electron chi connectivity index (χ2n) is 10.9. The number of amides is 2. The van der Waals surface area contributed by atoms with Gasteiger partial charge in [0, 0.05) is 28.6 Å². The molecule has 5 aromatic rings. The van der Waals surface area contributed by atoms with E-state index < -0.39 is 17.4 Å². The van der Waals surface area contributed by atoms with E-state index in [0.29, 0.717) is 61.1 Å². The number of hydrogen-bond acceptors (Lipinski definition) is 6. The van der Waals surface area contributed by atoms with Gasteiger partial charge in [0.2, 0.25) is 0 Å². The lowest BCUT2D eigenvalue weighted by atomic mass is 9.92. The second kappa shape index (κ2) is 10.2. The first kappa shape index (κ1) is 27.1. The van der Waals surface area contributed by atoms with E-state index in [0.717, 1.165) is 29.7 Å². The Balaban J connectivity index is 1.37. The molecule has 0 bridgehead atoms. The fourth-order valence-corrected chi connectivity index (χ4v) is 6.40. The van der Waals surface area contributed by atoms with E-state index in [2.05, 4.69) is 21.4 Å². The van der Waals surface area contributed by atoms with Crippen molar-refractivity contribution in [1.29, 1.82) is 5.26 Å². The van der Waals surface area contributed by atoms with Crippen molar-refractivity contribution in [2.75, 3.05) is 0 Å². The number of H-pyrrole nitrogens is 1. The highest BCUT2D eigenvalue weighted by molar-refractivity contribution is 6.36. The quantitative estimate of drug-likeness (QED) is 0.239. The van der Waals surface area contributed by atoms with Crippen LogP contribution in [-0.2, 0) is 20.0 Å². The van der Waals surface area contributed by atoms with E-state index >= 15 is 0 Å². The van der Waals surface area contributed by atoms with Gasteiger partial charge in [-0.2, -0.15) is 15.5 Å². The largest absolute Gasteiger partial charge is 0.273 e. The van der Waals surface area contributed by atoms with Crippen LogP contribution in [0.3, 0.4) is 0 Å². The van der Waals surface area contributed by atoms with Gasteiger partial charge in [0.1, 0.15) is 6.07 Å². The average Bonchev–Trinajstić information content (AvgIpc) is 3.67. The third-order valence-corrected chi connectivity index (χ3v) is 8.63. The SMILES string of the molecule is Cn1ncc(-c2cc(Cl)c3c(=O)[nH]nc(CN4C(=O)c5ccccc5C4=O)c3c2)c1-c1cc(Cl)cc(CC2CC2)c1C#N. The number of benzene rings is 3. The zero-order valence-electron chi connectivity index (χ0n) is 22.8. The fourth-order valence-electron chi connectivity index (χ4n) is 5.85. The zero-order chi connectivity index (χ0) is 30.0. The van der Waals surface area contributed by atoms with Crippen LogP contribution in [0.15, 0.2) is 59.5 Å². The third-order valence-electron chi connectivity index (χ3n) is 8.11. The highest BCUT2D eigenvalue weighted by atomic mass is 35.5. The van der Waals surface area contributed by atoms with Crippen LogP contribution in [0.2, 0.25) is 10.0 Å². The average molecular weight is 609 g/mol. The summed E-state index contributed by atoms with van der Waals surface area (Å²) in [6, 6.07) is 16.0. The molecule has 9 nitrogen and oxygen atoms in total. The number of fused-ring (bicyclic) bond motifs is 2. The normalized spacial score (nSPS) is 14.4. The molecule has 43 heavy (non-hydrogen) atoms. The Kier molecular flexibility index (Phi) is 6.42. The number of carbonyl (C=O) groups is 2. The van der Waals surface area contributed by atoms with Gasteiger partial charge in [-0.1, -0.05) is 35.3 Å². The fraction of sp³-hybridized carbons (Fsp3) is 0.188. The highest BCUT2D eigenvalue weighted by Crippen LogP contribution is 2.41. The monoisotopic (exact) mass is 608 g/mol. The second-order valence-corrected chi connectivity index (χ2v) is 11.7. The molecule has 0 unspecified atom stereocenters. The maximum absolute atomic E-state index is 13.1. The Bertz CT molecular complexity index is 2090. The lowest BCUT2D eigenvalue weighted by Gasteiger charge is -2.16. The number of aromatic nitrogens is 4. The van der Waals surface area contributed by atoms with Crippen LogP contribution >= 0.6 is 23.2 Å². The number of nitriles is 1. The van der Waals surface area contributed by atoms with Crippen molar-refractivity contribution < 1.29 is 9.59 Å². The molecule has 1 aliphatic carbocycles. The summed E-state index contributed by atoms with van der Waals surface area (Å²) in [7, 11) is 1.78. The molecule has 2 amide bonds. The summed E-state index contributed by atoms with van der Waals surface area (Å²) >= 11 is 13.3. The predicted octanol–water partition coefficient (Wildman–Crippen LogP) is 5.92. The first-order valence-corrected chi connectivity index (χ1v) is 14.4. The van der Waals surface area contributed by atoms with Crippen LogP contribution in [0.25, 0.3) is 33.2 Å². The van der Waals surface area contributed by atoms with E-state index in [-0.39, 0.29) is 17.0 Å². The van der Waals surface area contributed by atoms with Crippen molar-refractivity contribution >= 4 is 45.8 Å². The van der Waals surface area contributed by atoms with Crippen LogP contribution < -0.4 is 5.56 Å². The summed E-state index contributed by atoms with van der Waals surface area (Å²) in [4.78, 5) is 40.2. The molecule has 0 saturated heterocycles. The molecule has 2 aromatic heterocycles. The molecule has 1 saturated carbocycles. The van der Waals surface area contributed by atoms with Crippen molar-refractivity contribution in [3.8, 4) is 28.5 Å². The number of carbonyl (C=O) groups excluding carboxylic acids is 2. The number of nitrogens with one attached hydrogen (secondary N) is 1. The molecule has 0 atom stereocenters. The van der Waals surface area contributed by atoms with Gasteiger partial charge >= 0.3 is 0 Å². The number of halogens is 2. The molecular formula is C32H22Cl2N6O3. The van der Waals surface area contributed by atoms with Crippen LogP contribution in [0.1, 0.15) is 50.4 Å². The summed E-state index contributed by atoms with van der Waals surface area (Å²) < 4.78 is 1.68. The van der Waals surface area contributed by atoms with Gasteiger partial charge in [-0.15, -0.1) is 0 Å². The molecular weight excluding hydrogens is 587 g/mol. The summed E-state index contributed by atoms with van der Waals surface area (Å²) in [5, 5.41) is 22.6. The van der Waals surface area contributed by atoms with Gasteiger partial charge in [-0.05, 0) is 72.7 Å². The summed E-state index contributed by atoms with van der Waals surface area (Å²) in [5.41, 5.74) is 4.44. The number of hydrogen-bond donors (Lipinski definition) is 1. The van der Waals surface area contributed by atoms with E-state index in [1.165, 1.54) is 0 Å². The van der Waals surface area contributed by atoms with Gasteiger partial charge in [-0.25, -0.2) is 5.10 Å². The number of nitrogens with zero attached hydrogens (tertiary/aromatic N) is 5. The Hall–Kier alpha value is -4.78. The molecule has 7 rings (SSSR count). The van der Waals surface area contributed by atoms with Crippen LogP contribution in [0.4, 0.5) is 0 Å². The van der Waals surface area contributed by atoms with Gasteiger partial charge in [-0.3, -0.25) is 24.0 Å². The number of aryl methyl sites for hydroxylation is 1. The number of imide groups is 1. The molecule has 1 aliphatic heterocycles. The predicted molar refractivity (Wildman–Crippen MR) is 162 cm³/mol. The minimum absolute atomic E-state index is 0.163. The molecule has 212 valence electrons. The van der Waals surface area contributed by atoms with Crippen molar-refractivity contribution in [2.45, 2.75) is 25.8 Å². The molecule has 1 N–H and O–H groups in total. The van der Waals surface area contributed by atoms with Crippen molar-refractivity contribution in [1.82, 2.24) is 24.9 Å². The molecule has 2 aliphatic rings. The Morgan fingerprint density at radius 2 is 1.72 bits per heavy atom. The molecule has 3 heterocycles. The third kappa shape index (κ3) is 4.51. The lowest BCUT2D eigenvalue weighted by Crippen LogP contribution is -2.30. The molecule has 11 heteroatoms. The van der Waals surface area contributed by atoms with E-state index in [9.17, 15) is 19.6 Å². The first-order chi connectivity index (χ1) is 20.7. The van der Waals surface area contributed by atoms with Crippen LogP contribution in [-0.4, -0.2) is 36.7 Å². The topological polar surface area (TPSA) is 125 Å². The van der Waals surface area contributed by atoms with Crippen molar-refractivity contribution in [3.05, 3.63) is 103 Å². The number of aromatic amines is 1. The van der Waals surface area contributed by atoms with Crippen LogP contribution in [0.5, 0.6) is 0 Å². The summed E-state index contributed by atoms with van der Waals surface area (Å²) in [6.45, 7) is -0.170. The number of rotatable bonds is 6. The zero-order valence-corrected chi connectivity index (χ0v) is 24.3. The minimum Gasteiger partial charge on any atom is -0.269 e. The Morgan fingerprint density at radius 1 is 1.00 bits per heavy atom. The van der Waals surface area contributed by atoms with Gasteiger partial charge < -0.3 is 0 Å². The van der Waals surface area contributed by atoms with E-state index in [1.807, 2.05) is 6.07 Å². The van der Waals surface area contributed by atoms with Crippen molar-refractivity contribution in [2.24, 2.45) is 13.0 Å². The first-order valence-electron chi connectivity index (χ1n) is 13.7. The Morgan fingerprint density at radius 3 is 2.40 bits per heavy atom.